The molecule has 1 aromatic heterocycles. The van der Waals surface area contributed by atoms with E-state index in [9.17, 15) is 9.59 Å². The molecule has 1 aliphatic heterocycles. The number of ether oxygens (including phenoxy) is 1. The molecule has 1 aliphatic rings. The Bertz CT molecular complexity index is 947. The van der Waals surface area contributed by atoms with Gasteiger partial charge in [0.25, 0.3) is 0 Å². The Morgan fingerprint density at radius 3 is 2.41 bits per heavy atom. The van der Waals surface area contributed by atoms with Crippen LogP contribution in [-0.2, 0) is 20.7 Å². The molecule has 168 valence electrons. The van der Waals surface area contributed by atoms with Gasteiger partial charge in [-0.1, -0.05) is 29.3 Å². The lowest BCUT2D eigenvalue weighted by Gasteiger charge is -2.34. The maximum Gasteiger partial charge on any atom is 0.243 e. The van der Waals surface area contributed by atoms with Crippen LogP contribution in [-0.4, -0.2) is 60.6 Å². The smallest absolute Gasteiger partial charge is 0.243 e. The summed E-state index contributed by atoms with van der Waals surface area (Å²) in [4.78, 5) is 32.4. The van der Waals surface area contributed by atoms with Gasteiger partial charge in [0.2, 0.25) is 11.8 Å². The number of carbonyl (C=O) groups excluding carboxylic acids is 2. The Kier molecular flexibility index (Phi) is 8.31. The minimum absolute atomic E-state index is 0.116. The van der Waals surface area contributed by atoms with E-state index in [0.717, 1.165) is 22.3 Å². The number of carbonyl (C=O) groups is 2. The molecule has 3 rings (SSSR count). The lowest BCUT2D eigenvalue weighted by Crippen LogP contribution is -2.53. The monoisotopic (exact) mass is 435 g/mol. The minimum Gasteiger partial charge on any atom is -0.379 e. The normalized spacial score (nSPS) is 15.9. The largest absolute Gasteiger partial charge is 0.379 e. The third kappa shape index (κ3) is 6.36. The zero-order valence-electron chi connectivity index (χ0n) is 18.5. The van der Waals surface area contributed by atoms with Gasteiger partial charge in [-0.05, 0) is 37.1 Å². The van der Waals surface area contributed by atoms with Crippen LogP contribution in [0.3, 0.4) is 0 Å². The van der Waals surface area contributed by atoms with Crippen molar-refractivity contribution >= 4 is 11.8 Å². The van der Waals surface area contributed by atoms with Gasteiger partial charge in [0.05, 0.1) is 19.3 Å². The molecule has 8 heteroatoms. The maximum atomic E-state index is 13.5. The maximum absolute atomic E-state index is 13.5. The number of amides is 2. The molecule has 8 nitrogen and oxygen atoms in total. The van der Waals surface area contributed by atoms with E-state index in [2.05, 4.69) is 26.6 Å². The highest BCUT2D eigenvalue weighted by Crippen LogP contribution is 2.22. The molecule has 2 N–H and O–H groups in total. The number of nitrogens with one attached hydrogen (secondary N) is 2. The van der Waals surface area contributed by atoms with Gasteiger partial charge in [0.1, 0.15) is 18.6 Å². The molecule has 1 fully saturated rings. The first-order chi connectivity index (χ1) is 15.5. The number of nitriles is 1. The SMILES string of the molecule is Cc1cc(C)cc(C[C@H](NC(=O)C(c2ccncc2)N2CCOCC2)C(=O)NCC#N)c1. The van der Waals surface area contributed by atoms with Crippen LogP contribution in [0.2, 0.25) is 0 Å². The highest BCUT2D eigenvalue weighted by molar-refractivity contribution is 5.90. The van der Waals surface area contributed by atoms with Gasteiger partial charge in [-0.3, -0.25) is 19.5 Å². The first kappa shape index (κ1) is 23.4. The van der Waals surface area contributed by atoms with Gasteiger partial charge in [0.15, 0.2) is 0 Å². The highest BCUT2D eigenvalue weighted by atomic mass is 16.5. The molecule has 0 spiro atoms. The van der Waals surface area contributed by atoms with Gasteiger partial charge in [-0.25, -0.2) is 0 Å². The van der Waals surface area contributed by atoms with Crippen molar-refractivity contribution in [2.45, 2.75) is 32.4 Å². The van der Waals surface area contributed by atoms with Gasteiger partial charge in [-0.2, -0.15) is 5.26 Å². The average molecular weight is 436 g/mol. The summed E-state index contributed by atoms with van der Waals surface area (Å²) < 4.78 is 5.45. The van der Waals surface area contributed by atoms with E-state index in [1.54, 1.807) is 12.4 Å². The first-order valence-corrected chi connectivity index (χ1v) is 10.7. The average Bonchev–Trinajstić information content (AvgIpc) is 2.78. The fraction of sp³-hybridized carbons (Fsp3) is 0.417. The van der Waals surface area contributed by atoms with E-state index < -0.39 is 12.1 Å². The van der Waals surface area contributed by atoms with Gasteiger partial charge in [0, 0.05) is 31.9 Å². The number of aryl methyl sites for hydroxylation is 2. The summed E-state index contributed by atoms with van der Waals surface area (Å²) in [5.41, 5.74) is 3.93. The molecule has 0 aliphatic carbocycles. The quantitative estimate of drug-likeness (QED) is 0.608. The van der Waals surface area contributed by atoms with Crippen molar-refractivity contribution in [1.82, 2.24) is 20.5 Å². The summed E-state index contributed by atoms with van der Waals surface area (Å²) >= 11 is 0. The Morgan fingerprint density at radius 1 is 1.12 bits per heavy atom. The number of hydrogen-bond donors (Lipinski definition) is 2. The van der Waals surface area contributed by atoms with E-state index >= 15 is 0 Å². The van der Waals surface area contributed by atoms with Crippen LogP contribution in [0.4, 0.5) is 0 Å². The zero-order valence-corrected chi connectivity index (χ0v) is 18.5. The predicted molar refractivity (Wildman–Crippen MR) is 120 cm³/mol. The summed E-state index contributed by atoms with van der Waals surface area (Å²) in [7, 11) is 0. The molecular formula is C24H29N5O3. The van der Waals surface area contributed by atoms with Crippen molar-refractivity contribution in [1.29, 1.82) is 5.26 Å². The molecule has 1 aromatic carbocycles. The lowest BCUT2D eigenvalue weighted by molar-refractivity contribution is -0.133. The summed E-state index contributed by atoms with van der Waals surface area (Å²) in [6, 6.07) is 10.2. The van der Waals surface area contributed by atoms with Gasteiger partial charge < -0.3 is 15.4 Å². The summed E-state index contributed by atoms with van der Waals surface area (Å²) in [6.45, 7) is 6.20. The van der Waals surface area contributed by atoms with Crippen molar-refractivity contribution in [3.8, 4) is 6.07 Å². The zero-order chi connectivity index (χ0) is 22.9. The van der Waals surface area contributed by atoms with Crippen LogP contribution in [0.15, 0.2) is 42.7 Å². The van der Waals surface area contributed by atoms with Gasteiger partial charge in [-0.15, -0.1) is 0 Å². The van der Waals surface area contributed by atoms with Crippen molar-refractivity contribution in [2.75, 3.05) is 32.8 Å². The van der Waals surface area contributed by atoms with E-state index in [0.29, 0.717) is 32.7 Å². The summed E-state index contributed by atoms with van der Waals surface area (Å²) in [5.74, 6) is -0.644. The molecular weight excluding hydrogens is 406 g/mol. The van der Waals surface area contributed by atoms with Crippen LogP contribution in [0.5, 0.6) is 0 Å². The number of hydrogen-bond acceptors (Lipinski definition) is 6. The standard InChI is InChI=1S/C24H29N5O3/c1-17-13-18(2)15-19(14-17)16-21(23(30)27-8-5-25)28-24(31)22(20-3-6-26-7-4-20)29-9-11-32-12-10-29/h3-4,6-7,13-15,21-22H,8-12,16H2,1-2H3,(H,27,30)(H,28,31)/t21-,22?/m0/s1. The van der Waals surface area contributed by atoms with Crippen LogP contribution in [0.1, 0.15) is 28.3 Å². The second-order valence-corrected chi connectivity index (χ2v) is 7.97. The van der Waals surface area contributed by atoms with Gasteiger partial charge >= 0.3 is 0 Å². The number of morpholine rings is 1. The number of aromatic nitrogens is 1. The molecule has 0 bridgehead atoms. The first-order valence-electron chi connectivity index (χ1n) is 10.7. The van der Waals surface area contributed by atoms with Crippen LogP contribution in [0.25, 0.3) is 0 Å². The molecule has 0 radical (unpaired) electrons. The second-order valence-electron chi connectivity index (χ2n) is 7.97. The Labute approximate surface area is 188 Å². The number of nitrogens with zero attached hydrogens (tertiary/aromatic N) is 3. The molecule has 2 aromatic rings. The third-order valence-electron chi connectivity index (χ3n) is 5.38. The summed E-state index contributed by atoms with van der Waals surface area (Å²) in [6.07, 6.45) is 3.64. The molecule has 1 saturated heterocycles. The Balaban J connectivity index is 1.85. The molecule has 2 atom stereocenters. The highest BCUT2D eigenvalue weighted by Gasteiger charge is 2.32. The van der Waals surface area contributed by atoms with Crippen molar-refractivity contribution < 1.29 is 14.3 Å². The number of pyridine rings is 1. The lowest BCUT2D eigenvalue weighted by atomic mass is 9.99. The van der Waals surface area contributed by atoms with Crippen molar-refractivity contribution in [3.05, 3.63) is 65.0 Å². The van der Waals surface area contributed by atoms with Crippen LogP contribution in [0, 0.1) is 25.2 Å². The summed E-state index contributed by atoms with van der Waals surface area (Å²) in [5, 5.41) is 14.4. The third-order valence-corrected chi connectivity index (χ3v) is 5.38. The molecule has 1 unspecified atom stereocenters. The molecule has 2 heterocycles. The van der Waals surface area contributed by atoms with Crippen LogP contribution >= 0.6 is 0 Å². The minimum atomic E-state index is -0.803. The number of rotatable bonds is 8. The second kappa shape index (κ2) is 11.4. The van der Waals surface area contributed by atoms with E-state index in [1.165, 1.54) is 0 Å². The van der Waals surface area contributed by atoms with E-state index in [1.807, 2.05) is 44.2 Å². The topological polar surface area (TPSA) is 107 Å². The molecule has 2 amide bonds. The fourth-order valence-corrected chi connectivity index (χ4v) is 4.04. The van der Waals surface area contributed by atoms with Crippen LogP contribution < -0.4 is 10.6 Å². The Hall–Kier alpha value is -3.28. The fourth-order valence-electron chi connectivity index (χ4n) is 4.04. The van der Waals surface area contributed by atoms with E-state index in [4.69, 9.17) is 10.00 Å². The molecule has 0 saturated carbocycles. The predicted octanol–water partition coefficient (Wildman–Crippen LogP) is 1.44. The number of benzene rings is 1. The Morgan fingerprint density at radius 2 is 1.78 bits per heavy atom. The molecule has 32 heavy (non-hydrogen) atoms. The van der Waals surface area contributed by atoms with E-state index in [-0.39, 0.29) is 18.4 Å². The van der Waals surface area contributed by atoms with Crippen molar-refractivity contribution in [3.63, 3.8) is 0 Å². The van der Waals surface area contributed by atoms with Crippen molar-refractivity contribution in [2.24, 2.45) is 0 Å².